The van der Waals surface area contributed by atoms with Crippen LogP contribution in [-0.2, 0) is 6.42 Å². The van der Waals surface area contributed by atoms with E-state index in [0.29, 0.717) is 5.41 Å². The number of aryl methyl sites for hydroxylation is 1. The molecule has 4 rings (SSSR count). The Labute approximate surface area is 173 Å². The molecule has 0 N–H and O–H groups in total. The van der Waals surface area contributed by atoms with Gasteiger partial charge in [0, 0.05) is 0 Å². The number of ether oxygens (including phenoxy) is 1. The van der Waals surface area contributed by atoms with Crippen LogP contribution >= 0.6 is 0 Å². The molecule has 28 heavy (non-hydrogen) atoms. The van der Waals surface area contributed by atoms with Crippen LogP contribution in [0.5, 0.6) is 5.75 Å². The van der Waals surface area contributed by atoms with E-state index >= 15 is 0 Å². The summed E-state index contributed by atoms with van der Waals surface area (Å²) in [5.41, 5.74) is 3.83. The summed E-state index contributed by atoms with van der Waals surface area (Å²) in [7, 11) is 1.79. The van der Waals surface area contributed by atoms with Crippen LogP contribution in [0.3, 0.4) is 0 Å². The molecular formula is C27H42O. The smallest absolute Gasteiger partial charge is 0.119 e. The molecule has 0 heterocycles. The summed E-state index contributed by atoms with van der Waals surface area (Å²) in [5, 5.41) is 0. The SMILES string of the molecule is COc1ccc2c(c1)CC[C@@H]1[C@@H]2CC[C@]2(C)[C@@H]([C@H](C)CCCC(C)C)CC[C@@H]12. The molecule has 1 nitrogen and oxygen atoms in total. The van der Waals surface area contributed by atoms with Crippen molar-refractivity contribution in [3.63, 3.8) is 0 Å². The van der Waals surface area contributed by atoms with E-state index in [1.807, 2.05) is 0 Å². The third kappa shape index (κ3) is 3.52. The van der Waals surface area contributed by atoms with E-state index in [1.165, 1.54) is 57.8 Å². The fourth-order valence-corrected chi connectivity index (χ4v) is 7.71. The quantitative estimate of drug-likeness (QED) is 0.491. The minimum Gasteiger partial charge on any atom is -0.497 e. The van der Waals surface area contributed by atoms with Crippen LogP contribution in [0.1, 0.15) is 96.1 Å². The highest BCUT2D eigenvalue weighted by atomic mass is 16.5. The number of methoxy groups -OCH3 is 1. The van der Waals surface area contributed by atoms with E-state index in [0.717, 1.165) is 41.3 Å². The average molecular weight is 383 g/mol. The van der Waals surface area contributed by atoms with E-state index in [4.69, 9.17) is 4.74 Å². The van der Waals surface area contributed by atoms with Crippen LogP contribution in [0.4, 0.5) is 0 Å². The lowest BCUT2D eigenvalue weighted by Crippen LogP contribution is -2.43. The van der Waals surface area contributed by atoms with Crippen LogP contribution in [-0.4, -0.2) is 7.11 Å². The summed E-state index contributed by atoms with van der Waals surface area (Å²) in [4.78, 5) is 0. The van der Waals surface area contributed by atoms with Crippen molar-refractivity contribution < 1.29 is 4.74 Å². The van der Waals surface area contributed by atoms with Crippen molar-refractivity contribution in [1.82, 2.24) is 0 Å². The molecule has 6 atom stereocenters. The van der Waals surface area contributed by atoms with Gasteiger partial charge in [-0.2, -0.15) is 0 Å². The second kappa shape index (κ2) is 8.04. The van der Waals surface area contributed by atoms with Gasteiger partial charge in [0.2, 0.25) is 0 Å². The number of fused-ring (bicyclic) bond motifs is 5. The molecule has 0 unspecified atom stereocenters. The molecule has 0 aromatic heterocycles. The van der Waals surface area contributed by atoms with Crippen molar-refractivity contribution in [2.45, 2.75) is 91.4 Å². The predicted molar refractivity (Wildman–Crippen MR) is 119 cm³/mol. The minimum atomic E-state index is 0.600. The van der Waals surface area contributed by atoms with Gasteiger partial charge in [-0.25, -0.2) is 0 Å². The maximum Gasteiger partial charge on any atom is 0.119 e. The first-order chi connectivity index (χ1) is 13.4. The minimum absolute atomic E-state index is 0.600. The zero-order valence-electron chi connectivity index (χ0n) is 19.0. The molecule has 0 aliphatic heterocycles. The molecule has 1 heteroatoms. The molecule has 156 valence electrons. The molecule has 0 amide bonds. The van der Waals surface area contributed by atoms with Crippen LogP contribution in [0.2, 0.25) is 0 Å². The van der Waals surface area contributed by atoms with E-state index in [-0.39, 0.29) is 0 Å². The largest absolute Gasteiger partial charge is 0.497 e. The van der Waals surface area contributed by atoms with Crippen molar-refractivity contribution in [3.8, 4) is 5.75 Å². The molecule has 3 aliphatic carbocycles. The fraction of sp³-hybridized carbons (Fsp3) is 0.778. The Balaban J connectivity index is 1.49. The molecular weight excluding hydrogens is 340 g/mol. The maximum absolute atomic E-state index is 5.49. The summed E-state index contributed by atoms with van der Waals surface area (Å²) in [5.74, 6) is 6.45. The molecule has 1 aromatic rings. The molecule has 0 radical (unpaired) electrons. The van der Waals surface area contributed by atoms with Gasteiger partial charge >= 0.3 is 0 Å². The molecule has 2 fully saturated rings. The second-order valence-electron chi connectivity index (χ2n) is 11.0. The molecule has 2 saturated carbocycles. The van der Waals surface area contributed by atoms with E-state index in [2.05, 4.69) is 45.9 Å². The summed E-state index contributed by atoms with van der Waals surface area (Å²) < 4.78 is 5.49. The van der Waals surface area contributed by atoms with Gasteiger partial charge in [-0.1, -0.05) is 53.0 Å². The third-order valence-corrected chi connectivity index (χ3v) is 9.13. The lowest BCUT2D eigenvalue weighted by Gasteiger charge is -2.52. The number of rotatable bonds is 6. The van der Waals surface area contributed by atoms with Gasteiger partial charge in [-0.15, -0.1) is 0 Å². The normalized spacial score (nSPS) is 35.2. The zero-order chi connectivity index (χ0) is 19.9. The van der Waals surface area contributed by atoms with Crippen LogP contribution in [0, 0.1) is 35.0 Å². The summed E-state index contributed by atoms with van der Waals surface area (Å²) in [6.07, 6.45) is 12.8. The van der Waals surface area contributed by atoms with Gasteiger partial charge in [0.1, 0.15) is 5.75 Å². The van der Waals surface area contributed by atoms with Crippen molar-refractivity contribution in [2.24, 2.45) is 35.0 Å². The second-order valence-corrected chi connectivity index (χ2v) is 11.0. The van der Waals surface area contributed by atoms with Crippen molar-refractivity contribution >= 4 is 0 Å². The Bertz CT molecular complexity index is 677. The van der Waals surface area contributed by atoms with Gasteiger partial charge in [0.15, 0.2) is 0 Å². The van der Waals surface area contributed by atoms with Gasteiger partial charge < -0.3 is 4.74 Å². The number of hydrogen-bond acceptors (Lipinski definition) is 1. The Hall–Kier alpha value is -0.980. The summed E-state index contributed by atoms with van der Waals surface area (Å²) in [6, 6.07) is 6.91. The van der Waals surface area contributed by atoms with Crippen LogP contribution in [0.15, 0.2) is 18.2 Å². The van der Waals surface area contributed by atoms with Crippen molar-refractivity contribution in [3.05, 3.63) is 29.3 Å². The lowest BCUT2D eigenvalue weighted by molar-refractivity contribution is 0.00968. The standard InChI is InChI=1S/C27H42O/c1-18(2)7-6-8-19(3)25-13-14-26-24-11-9-20-17-21(28-5)10-12-22(20)23(24)15-16-27(25,26)4/h10,12,17-19,23-26H,6-9,11,13-16H2,1-5H3/t19-,23-,24-,25-,26+,27-/m1/s1. The molecule has 0 bridgehead atoms. The monoisotopic (exact) mass is 382 g/mol. The molecule has 0 spiro atoms. The van der Waals surface area contributed by atoms with Gasteiger partial charge in [0.05, 0.1) is 7.11 Å². The van der Waals surface area contributed by atoms with Crippen LogP contribution < -0.4 is 4.74 Å². The van der Waals surface area contributed by atoms with Crippen molar-refractivity contribution in [2.75, 3.05) is 7.11 Å². The summed E-state index contributed by atoms with van der Waals surface area (Å²) in [6.45, 7) is 10.0. The lowest BCUT2D eigenvalue weighted by atomic mass is 9.53. The van der Waals surface area contributed by atoms with E-state index in [9.17, 15) is 0 Å². The van der Waals surface area contributed by atoms with Crippen LogP contribution in [0.25, 0.3) is 0 Å². The predicted octanol–water partition coefficient (Wildman–Crippen LogP) is 7.63. The Kier molecular flexibility index (Phi) is 5.83. The van der Waals surface area contributed by atoms with Gasteiger partial charge in [0.25, 0.3) is 0 Å². The highest BCUT2D eigenvalue weighted by Gasteiger charge is 2.55. The topological polar surface area (TPSA) is 9.23 Å². The first kappa shape index (κ1) is 20.3. The average Bonchev–Trinajstić information content (AvgIpc) is 3.04. The molecule has 0 saturated heterocycles. The number of benzene rings is 1. The summed E-state index contributed by atoms with van der Waals surface area (Å²) >= 11 is 0. The molecule has 3 aliphatic rings. The van der Waals surface area contributed by atoms with Crippen molar-refractivity contribution in [1.29, 1.82) is 0 Å². The first-order valence-corrected chi connectivity index (χ1v) is 12.1. The third-order valence-electron chi connectivity index (χ3n) is 9.13. The fourth-order valence-electron chi connectivity index (χ4n) is 7.71. The van der Waals surface area contributed by atoms with Gasteiger partial charge in [-0.05, 0) is 103 Å². The first-order valence-electron chi connectivity index (χ1n) is 12.1. The highest BCUT2D eigenvalue weighted by molar-refractivity contribution is 5.40. The Morgan fingerprint density at radius 2 is 1.89 bits per heavy atom. The Morgan fingerprint density at radius 3 is 2.64 bits per heavy atom. The maximum atomic E-state index is 5.49. The zero-order valence-corrected chi connectivity index (χ0v) is 19.0. The van der Waals surface area contributed by atoms with E-state index < -0.39 is 0 Å². The molecule has 1 aromatic carbocycles. The van der Waals surface area contributed by atoms with E-state index in [1.54, 1.807) is 18.2 Å². The highest BCUT2D eigenvalue weighted by Crippen LogP contribution is 2.64. The Morgan fingerprint density at radius 1 is 1.07 bits per heavy atom. The van der Waals surface area contributed by atoms with Gasteiger partial charge in [-0.3, -0.25) is 0 Å². The number of hydrogen-bond donors (Lipinski definition) is 0.